The lowest BCUT2D eigenvalue weighted by Gasteiger charge is -2.12. The molecule has 0 amide bonds. The van der Waals surface area contributed by atoms with E-state index in [1.807, 2.05) is 30.4 Å². The minimum atomic E-state index is -0.0305. The number of carbonyl (C=O) groups excluding carboxylic acids is 1. The summed E-state index contributed by atoms with van der Waals surface area (Å²) in [5.41, 5.74) is 13.7. The van der Waals surface area contributed by atoms with Crippen LogP contribution in [0.1, 0.15) is 39.5 Å². The lowest BCUT2D eigenvalue weighted by atomic mass is 9.96. The molecule has 0 atom stereocenters. The number of nitrogens with one attached hydrogen (secondary N) is 3. The molecule has 9 rings (SSSR count). The van der Waals surface area contributed by atoms with Gasteiger partial charge in [-0.2, -0.15) is 0 Å². The Kier molecular flexibility index (Phi) is 6.87. The summed E-state index contributed by atoms with van der Waals surface area (Å²) in [5.74, 6) is -0.0305. The van der Waals surface area contributed by atoms with E-state index in [2.05, 4.69) is 136 Å². The third-order valence-corrected chi connectivity index (χ3v) is 9.16. The van der Waals surface area contributed by atoms with Crippen molar-refractivity contribution in [1.29, 1.82) is 0 Å². The van der Waals surface area contributed by atoms with Crippen molar-refractivity contribution < 1.29 is 4.79 Å². The number of aromatic nitrogens is 3. The monoisotopic (exact) mass is 630 g/mol. The van der Waals surface area contributed by atoms with E-state index in [0.717, 1.165) is 89.4 Å². The van der Waals surface area contributed by atoms with Gasteiger partial charge in [-0.25, -0.2) is 4.99 Å². The van der Waals surface area contributed by atoms with Crippen molar-refractivity contribution in [2.45, 2.75) is 0 Å². The van der Waals surface area contributed by atoms with E-state index < -0.39 is 0 Å². The highest BCUT2D eigenvalue weighted by Gasteiger charge is 2.23. The van der Waals surface area contributed by atoms with Crippen LogP contribution in [0.4, 0.5) is 0 Å². The third kappa shape index (κ3) is 5.14. The number of allylic oxidation sites excluding steroid dienone is 8. The maximum absolute atomic E-state index is 12.2. The summed E-state index contributed by atoms with van der Waals surface area (Å²) in [4.78, 5) is 28.8. The molecular formula is C44H30N4O. The van der Waals surface area contributed by atoms with Gasteiger partial charge in [0, 0.05) is 55.8 Å². The minimum absolute atomic E-state index is 0.0305. The van der Waals surface area contributed by atoms with Gasteiger partial charge in [-0.3, -0.25) is 4.79 Å². The molecule has 6 aromatic rings. The van der Waals surface area contributed by atoms with E-state index in [0.29, 0.717) is 0 Å². The highest BCUT2D eigenvalue weighted by molar-refractivity contribution is 6.32. The van der Waals surface area contributed by atoms with Gasteiger partial charge in [0.2, 0.25) is 0 Å². The second-order valence-electron chi connectivity index (χ2n) is 12.2. The molecule has 0 radical (unpaired) electrons. The average Bonchev–Trinajstić information content (AvgIpc) is 3.98. The Morgan fingerprint density at radius 3 is 1.35 bits per heavy atom. The third-order valence-electron chi connectivity index (χ3n) is 9.16. The molecule has 5 heterocycles. The van der Waals surface area contributed by atoms with E-state index in [-0.39, 0.29) is 5.78 Å². The Labute approximate surface area is 283 Å². The van der Waals surface area contributed by atoms with Crippen LogP contribution in [0, 0.1) is 0 Å². The van der Waals surface area contributed by atoms with Gasteiger partial charge in [0.15, 0.2) is 5.78 Å². The molecule has 5 nitrogen and oxygen atoms in total. The number of hydrogen-bond acceptors (Lipinski definition) is 2. The molecule has 8 bridgehead atoms. The fraction of sp³-hybridized carbons (Fsp3) is 0. The van der Waals surface area contributed by atoms with Crippen LogP contribution in [-0.2, 0) is 4.79 Å². The van der Waals surface area contributed by atoms with Gasteiger partial charge >= 0.3 is 0 Å². The molecule has 3 aromatic carbocycles. The molecule has 0 saturated carbocycles. The van der Waals surface area contributed by atoms with Gasteiger partial charge in [0.1, 0.15) is 0 Å². The minimum Gasteiger partial charge on any atom is -0.354 e. The Morgan fingerprint density at radius 1 is 0.388 bits per heavy atom. The number of H-pyrrole nitrogens is 3. The molecule has 5 heteroatoms. The van der Waals surface area contributed by atoms with Crippen LogP contribution in [0.5, 0.6) is 0 Å². The standard InChI is InChI=1S/C44H30N4O/c49-32-18-16-31(17-19-32)44-39-26-24-37(47-39)42(29-12-6-2-7-13-29)35-22-20-33(45-35)41(28-10-4-1-5-11-28)34-21-23-36(46-34)43(30-14-8-3-9-15-30)38-25-27-40(44)48-38/h1-27,45-47H. The summed E-state index contributed by atoms with van der Waals surface area (Å²) in [5, 5.41) is 1.99. The lowest BCUT2D eigenvalue weighted by Crippen LogP contribution is -2.17. The van der Waals surface area contributed by atoms with Gasteiger partial charge < -0.3 is 15.0 Å². The first-order valence-corrected chi connectivity index (χ1v) is 16.3. The van der Waals surface area contributed by atoms with Gasteiger partial charge in [-0.15, -0.1) is 0 Å². The van der Waals surface area contributed by atoms with E-state index in [1.165, 1.54) is 0 Å². The van der Waals surface area contributed by atoms with Crippen LogP contribution in [0.2, 0.25) is 0 Å². The van der Waals surface area contributed by atoms with Gasteiger partial charge in [-0.05, 0) is 83.0 Å². The number of rotatable bonds is 3. The summed E-state index contributed by atoms with van der Waals surface area (Å²) in [7, 11) is 0. The van der Waals surface area contributed by atoms with Gasteiger partial charge in [-0.1, -0.05) is 103 Å². The molecular weight excluding hydrogens is 601 g/mol. The van der Waals surface area contributed by atoms with Crippen molar-refractivity contribution >= 4 is 33.8 Å². The van der Waals surface area contributed by atoms with E-state index in [9.17, 15) is 4.79 Å². The molecule has 1 aliphatic carbocycles. The van der Waals surface area contributed by atoms with Crippen LogP contribution in [0.3, 0.4) is 0 Å². The van der Waals surface area contributed by atoms with Crippen molar-refractivity contribution in [2.24, 2.45) is 4.99 Å². The van der Waals surface area contributed by atoms with E-state index in [4.69, 9.17) is 4.99 Å². The number of ketones is 1. The zero-order chi connectivity index (χ0) is 32.7. The summed E-state index contributed by atoms with van der Waals surface area (Å²) in [6.45, 7) is 0. The largest absolute Gasteiger partial charge is 0.354 e. The zero-order valence-electron chi connectivity index (χ0n) is 26.4. The maximum Gasteiger partial charge on any atom is 0.178 e. The fourth-order valence-corrected chi connectivity index (χ4v) is 6.93. The number of carbonyl (C=O) groups is 1. The zero-order valence-corrected chi connectivity index (χ0v) is 26.4. The Balaban J connectivity index is 1.41. The average molecular weight is 631 g/mol. The predicted molar refractivity (Wildman–Crippen MR) is 197 cm³/mol. The van der Waals surface area contributed by atoms with Gasteiger partial charge in [0.05, 0.1) is 11.4 Å². The molecule has 3 N–H and O–H groups in total. The summed E-state index contributed by atoms with van der Waals surface area (Å²) in [6.07, 6.45) is 11.1. The van der Waals surface area contributed by atoms with E-state index >= 15 is 0 Å². The number of hydrogen-bond donors (Lipinski definition) is 3. The Morgan fingerprint density at radius 2 is 0.837 bits per heavy atom. The Bertz CT molecular complexity index is 2560. The number of nitrogens with zero attached hydrogens (tertiary/aromatic N) is 1. The van der Waals surface area contributed by atoms with Gasteiger partial charge in [0.25, 0.3) is 0 Å². The van der Waals surface area contributed by atoms with Crippen LogP contribution in [0.25, 0.3) is 22.3 Å². The molecule has 232 valence electrons. The van der Waals surface area contributed by atoms with Crippen LogP contribution >= 0.6 is 0 Å². The molecule has 2 aliphatic heterocycles. The highest BCUT2D eigenvalue weighted by Crippen LogP contribution is 2.35. The summed E-state index contributed by atoms with van der Waals surface area (Å²) < 4.78 is 0. The first-order valence-electron chi connectivity index (χ1n) is 16.3. The quantitative estimate of drug-likeness (QED) is 0.187. The second-order valence-corrected chi connectivity index (χ2v) is 12.2. The molecule has 49 heavy (non-hydrogen) atoms. The molecule has 0 unspecified atom stereocenters. The SMILES string of the molecule is O=C1C=CC(=C2C3=NC(=C(c4ccccc4)c4ccc([nH]4)C(c4ccccc4)=c4ccc([nH]4)=C(c4ccccc4)c4ccc2[nH]4)C=C3)C=C1. The maximum atomic E-state index is 12.2. The summed E-state index contributed by atoms with van der Waals surface area (Å²) >= 11 is 0. The molecule has 3 aliphatic rings. The van der Waals surface area contributed by atoms with Crippen molar-refractivity contribution in [3.05, 3.63) is 225 Å². The van der Waals surface area contributed by atoms with Crippen LogP contribution in [0.15, 0.2) is 180 Å². The Hall–Kier alpha value is -6.72. The molecule has 0 saturated heterocycles. The van der Waals surface area contributed by atoms with Crippen molar-refractivity contribution in [3.8, 4) is 0 Å². The van der Waals surface area contributed by atoms with Crippen molar-refractivity contribution in [3.63, 3.8) is 0 Å². The smallest absolute Gasteiger partial charge is 0.178 e. The lowest BCUT2D eigenvalue weighted by molar-refractivity contribution is -0.110. The highest BCUT2D eigenvalue weighted by atomic mass is 16.1. The number of aliphatic imine (C=N–C) groups is 1. The van der Waals surface area contributed by atoms with Crippen LogP contribution in [-0.4, -0.2) is 26.4 Å². The molecule has 3 aromatic heterocycles. The normalized spacial score (nSPS) is 15.4. The number of aromatic amines is 3. The van der Waals surface area contributed by atoms with Crippen molar-refractivity contribution in [1.82, 2.24) is 15.0 Å². The fourth-order valence-electron chi connectivity index (χ4n) is 6.93. The van der Waals surface area contributed by atoms with E-state index in [1.54, 1.807) is 12.2 Å². The van der Waals surface area contributed by atoms with Crippen molar-refractivity contribution in [2.75, 3.05) is 0 Å². The number of benzene rings is 3. The first-order chi connectivity index (χ1) is 24.2. The number of fused-ring (bicyclic) bond motifs is 7. The predicted octanol–water partition coefficient (Wildman–Crippen LogP) is 7.40. The summed E-state index contributed by atoms with van der Waals surface area (Å²) in [6, 6.07) is 44.2. The molecule has 0 spiro atoms. The topological polar surface area (TPSA) is 76.8 Å². The van der Waals surface area contributed by atoms with Crippen LogP contribution < -0.4 is 10.7 Å². The first kappa shape index (κ1) is 28.5. The second kappa shape index (κ2) is 11.8. The molecule has 0 fully saturated rings.